The minimum atomic E-state index is -0.168. The lowest BCUT2D eigenvalue weighted by atomic mass is 9.87. The zero-order chi connectivity index (χ0) is 12.3. The van der Waals surface area contributed by atoms with Crippen LogP contribution < -0.4 is 5.32 Å². The molecule has 1 atom stereocenters. The van der Waals surface area contributed by atoms with Gasteiger partial charge in [-0.05, 0) is 39.7 Å². The molecule has 1 N–H and O–H groups in total. The Morgan fingerprint density at radius 3 is 2.71 bits per heavy atom. The molecule has 2 saturated heterocycles. The first-order valence-electron chi connectivity index (χ1n) is 6.77. The van der Waals surface area contributed by atoms with Gasteiger partial charge in [0.1, 0.15) is 0 Å². The third-order valence-electron chi connectivity index (χ3n) is 4.02. The fourth-order valence-electron chi connectivity index (χ4n) is 2.84. The molecule has 2 aliphatic rings. The fourth-order valence-corrected chi connectivity index (χ4v) is 2.84. The summed E-state index contributed by atoms with van der Waals surface area (Å²) in [4.78, 5) is 14.5. The van der Waals surface area contributed by atoms with Gasteiger partial charge in [0.15, 0.2) is 0 Å². The van der Waals surface area contributed by atoms with Crippen LogP contribution in [0.3, 0.4) is 0 Å². The second-order valence-corrected chi connectivity index (χ2v) is 5.43. The SMILES string of the molecule is CCOC1CCN(C(=O)C2(C)CCNC2)CC1. The van der Waals surface area contributed by atoms with Crippen molar-refractivity contribution in [2.24, 2.45) is 5.41 Å². The van der Waals surface area contributed by atoms with E-state index in [1.54, 1.807) is 0 Å². The average molecular weight is 240 g/mol. The van der Waals surface area contributed by atoms with Gasteiger partial charge in [-0.3, -0.25) is 4.79 Å². The summed E-state index contributed by atoms with van der Waals surface area (Å²) in [6.45, 7) is 8.42. The summed E-state index contributed by atoms with van der Waals surface area (Å²) < 4.78 is 5.61. The van der Waals surface area contributed by atoms with Gasteiger partial charge in [-0.25, -0.2) is 0 Å². The number of rotatable bonds is 3. The Bertz CT molecular complexity index is 267. The highest BCUT2D eigenvalue weighted by Crippen LogP contribution is 2.28. The normalized spacial score (nSPS) is 30.8. The first kappa shape index (κ1) is 12.8. The Balaban J connectivity index is 1.86. The standard InChI is InChI=1S/C13H24N2O2/c1-3-17-11-4-8-15(9-5-11)12(16)13(2)6-7-14-10-13/h11,14H,3-10H2,1-2H3. The first-order valence-corrected chi connectivity index (χ1v) is 6.77. The molecule has 2 heterocycles. The van der Waals surface area contributed by atoms with Crippen molar-refractivity contribution < 1.29 is 9.53 Å². The molecule has 4 heteroatoms. The summed E-state index contributed by atoms with van der Waals surface area (Å²) >= 11 is 0. The van der Waals surface area contributed by atoms with Gasteiger partial charge in [0, 0.05) is 26.2 Å². The van der Waals surface area contributed by atoms with Gasteiger partial charge in [-0.2, -0.15) is 0 Å². The van der Waals surface area contributed by atoms with Crippen molar-refractivity contribution >= 4 is 5.91 Å². The van der Waals surface area contributed by atoms with Crippen molar-refractivity contribution in [1.82, 2.24) is 10.2 Å². The number of amides is 1. The van der Waals surface area contributed by atoms with Gasteiger partial charge in [-0.1, -0.05) is 0 Å². The summed E-state index contributed by atoms with van der Waals surface area (Å²) in [6.07, 6.45) is 3.31. The molecule has 0 saturated carbocycles. The van der Waals surface area contributed by atoms with Crippen LogP contribution in [-0.4, -0.2) is 49.7 Å². The fraction of sp³-hybridized carbons (Fsp3) is 0.923. The molecular weight excluding hydrogens is 216 g/mol. The van der Waals surface area contributed by atoms with Gasteiger partial charge in [-0.15, -0.1) is 0 Å². The minimum Gasteiger partial charge on any atom is -0.378 e. The van der Waals surface area contributed by atoms with E-state index in [0.29, 0.717) is 12.0 Å². The number of hydrogen-bond donors (Lipinski definition) is 1. The molecule has 2 fully saturated rings. The van der Waals surface area contributed by atoms with Crippen LogP contribution in [-0.2, 0) is 9.53 Å². The predicted molar refractivity (Wildman–Crippen MR) is 66.8 cm³/mol. The Morgan fingerprint density at radius 1 is 1.47 bits per heavy atom. The smallest absolute Gasteiger partial charge is 0.229 e. The third kappa shape index (κ3) is 2.80. The van der Waals surface area contributed by atoms with Gasteiger partial charge in [0.25, 0.3) is 0 Å². The average Bonchev–Trinajstić information content (AvgIpc) is 2.78. The lowest BCUT2D eigenvalue weighted by Crippen LogP contribution is -2.48. The van der Waals surface area contributed by atoms with Crippen LogP contribution in [0, 0.1) is 5.41 Å². The molecule has 2 rings (SSSR count). The summed E-state index contributed by atoms with van der Waals surface area (Å²) in [5, 5.41) is 3.29. The van der Waals surface area contributed by atoms with E-state index in [4.69, 9.17) is 4.74 Å². The maximum atomic E-state index is 12.4. The number of nitrogens with one attached hydrogen (secondary N) is 1. The van der Waals surface area contributed by atoms with Gasteiger partial charge < -0.3 is 15.0 Å². The Labute approximate surface area is 104 Å². The number of nitrogens with zero attached hydrogens (tertiary/aromatic N) is 1. The molecule has 0 aromatic heterocycles. The van der Waals surface area contributed by atoms with Crippen LogP contribution >= 0.6 is 0 Å². The maximum Gasteiger partial charge on any atom is 0.229 e. The van der Waals surface area contributed by atoms with Gasteiger partial charge >= 0.3 is 0 Å². The molecule has 0 aromatic rings. The second-order valence-electron chi connectivity index (χ2n) is 5.43. The zero-order valence-electron chi connectivity index (χ0n) is 11.0. The molecule has 0 spiro atoms. The third-order valence-corrected chi connectivity index (χ3v) is 4.02. The van der Waals surface area contributed by atoms with Crippen LogP contribution in [0.15, 0.2) is 0 Å². The van der Waals surface area contributed by atoms with Crippen LogP contribution in [0.25, 0.3) is 0 Å². The molecule has 0 radical (unpaired) electrons. The number of ether oxygens (including phenoxy) is 1. The summed E-state index contributed by atoms with van der Waals surface area (Å²) in [7, 11) is 0. The highest BCUT2D eigenvalue weighted by atomic mass is 16.5. The van der Waals surface area contributed by atoms with Crippen molar-refractivity contribution in [3.8, 4) is 0 Å². The van der Waals surface area contributed by atoms with Crippen molar-refractivity contribution in [3.63, 3.8) is 0 Å². The summed E-state index contributed by atoms with van der Waals surface area (Å²) in [5.74, 6) is 0.331. The molecule has 17 heavy (non-hydrogen) atoms. The molecule has 1 unspecified atom stereocenters. The van der Waals surface area contributed by atoms with E-state index < -0.39 is 0 Å². The van der Waals surface area contributed by atoms with Gasteiger partial charge in [0.2, 0.25) is 5.91 Å². The van der Waals surface area contributed by atoms with Crippen molar-refractivity contribution in [2.75, 3.05) is 32.8 Å². The largest absolute Gasteiger partial charge is 0.378 e. The highest BCUT2D eigenvalue weighted by Gasteiger charge is 2.40. The topological polar surface area (TPSA) is 41.6 Å². The zero-order valence-corrected chi connectivity index (χ0v) is 11.0. The first-order chi connectivity index (χ1) is 8.15. The summed E-state index contributed by atoms with van der Waals surface area (Å²) in [6, 6.07) is 0. The molecule has 1 amide bonds. The van der Waals surface area contributed by atoms with E-state index in [-0.39, 0.29) is 5.41 Å². The summed E-state index contributed by atoms with van der Waals surface area (Å²) in [5.41, 5.74) is -0.168. The quantitative estimate of drug-likeness (QED) is 0.800. The van der Waals surface area contributed by atoms with Crippen LogP contribution in [0.1, 0.15) is 33.1 Å². The Hall–Kier alpha value is -0.610. The molecule has 4 nitrogen and oxygen atoms in total. The molecular formula is C13H24N2O2. The lowest BCUT2D eigenvalue weighted by Gasteiger charge is -2.36. The Morgan fingerprint density at radius 2 is 2.18 bits per heavy atom. The van der Waals surface area contributed by atoms with E-state index in [1.165, 1.54) is 0 Å². The molecule has 98 valence electrons. The number of carbonyl (C=O) groups excluding carboxylic acids is 1. The number of carbonyl (C=O) groups is 1. The molecule has 0 aromatic carbocycles. The van der Waals surface area contributed by atoms with Crippen LogP contribution in [0.5, 0.6) is 0 Å². The van der Waals surface area contributed by atoms with Crippen molar-refractivity contribution in [1.29, 1.82) is 0 Å². The number of likely N-dealkylation sites (tertiary alicyclic amines) is 1. The van der Waals surface area contributed by atoms with Gasteiger partial charge in [0.05, 0.1) is 11.5 Å². The van der Waals surface area contributed by atoms with Crippen molar-refractivity contribution in [2.45, 2.75) is 39.2 Å². The molecule has 0 aliphatic carbocycles. The molecule has 2 aliphatic heterocycles. The highest BCUT2D eigenvalue weighted by molar-refractivity contribution is 5.83. The predicted octanol–water partition coefficient (Wildman–Crippen LogP) is 1.01. The van der Waals surface area contributed by atoms with Crippen LogP contribution in [0.4, 0.5) is 0 Å². The number of hydrogen-bond acceptors (Lipinski definition) is 3. The van der Waals surface area contributed by atoms with E-state index in [2.05, 4.69) is 12.2 Å². The van der Waals surface area contributed by atoms with Crippen LogP contribution in [0.2, 0.25) is 0 Å². The monoisotopic (exact) mass is 240 g/mol. The van der Waals surface area contributed by atoms with Crippen molar-refractivity contribution in [3.05, 3.63) is 0 Å². The Kier molecular flexibility index (Phi) is 4.05. The maximum absolute atomic E-state index is 12.4. The van der Waals surface area contributed by atoms with E-state index >= 15 is 0 Å². The van der Waals surface area contributed by atoms with E-state index in [1.807, 2.05) is 11.8 Å². The second kappa shape index (κ2) is 5.36. The molecule has 0 bridgehead atoms. The van der Waals surface area contributed by atoms with E-state index in [0.717, 1.165) is 52.0 Å². The number of piperidine rings is 1. The van der Waals surface area contributed by atoms with E-state index in [9.17, 15) is 4.79 Å². The lowest BCUT2D eigenvalue weighted by molar-refractivity contribution is -0.142. The minimum absolute atomic E-state index is 0.168.